The lowest BCUT2D eigenvalue weighted by Crippen LogP contribution is -2.47. The zero-order valence-corrected chi connectivity index (χ0v) is 12.2. The molecule has 2 rings (SSSR count). The maximum absolute atomic E-state index is 12.1. The van der Waals surface area contributed by atoms with Crippen LogP contribution in [0.15, 0.2) is 28.7 Å². The zero-order valence-electron chi connectivity index (χ0n) is 10.6. The summed E-state index contributed by atoms with van der Waals surface area (Å²) < 4.78 is 1.05. The van der Waals surface area contributed by atoms with Gasteiger partial charge in [-0.2, -0.15) is 0 Å². The van der Waals surface area contributed by atoms with Crippen LogP contribution >= 0.6 is 15.9 Å². The van der Waals surface area contributed by atoms with Crippen LogP contribution in [0.3, 0.4) is 0 Å². The van der Waals surface area contributed by atoms with E-state index in [1.165, 1.54) is 6.42 Å². The van der Waals surface area contributed by atoms with E-state index in [1.807, 2.05) is 31.2 Å². The second kappa shape index (κ2) is 6.34. The number of rotatable bonds is 3. The molecule has 1 heterocycles. The first-order valence-corrected chi connectivity index (χ1v) is 7.25. The van der Waals surface area contributed by atoms with E-state index in [2.05, 4.69) is 26.6 Å². The van der Waals surface area contributed by atoms with Gasteiger partial charge in [-0.05, 0) is 44.0 Å². The van der Waals surface area contributed by atoms with Gasteiger partial charge in [0, 0.05) is 4.47 Å². The van der Waals surface area contributed by atoms with Gasteiger partial charge in [-0.3, -0.25) is 4.79 Å². The van der Waals surface area contributed by atoms with Gasteiger partial charge in [-0.15, -0.1) is 0 Å². The lowest BCUT2D eigenvalue weighted by Gasteiger charge is -2.24. The fourth-order valence-corrected chi connectivity index (χ4v) is 2.49. The molecule has 4 heteroatoms. The van der Waals surface area contributed by atoms with Crippen molar-refractivity contribution in [3.05, 3.63) is 34.3 Å². The van der Waals surface area contributed by atoms with E-state index in [1.54, 1.807) is 0 Å². The summed E-state index contributed by atoms with van der Waals surface area (Å²) in [4.78, 5) is 12.1. The van der Waals surface area contributed by atoms with E-state index in [9.17, 15) is 4.79 Å². The fraction of sp³-hybridized carbons (Fsp3) is 0.500. The van der Waals surface area contributed by atoms with Crippen LogP contribution in [0.4, 0.5) is 0 Å². The number of halogens is 1. The minimum absolute atomic E-state index is 0.0170. The predicted octanol–water partition coefficient (Wildman–Crippen LogP) is 2.77. The van der Waals surface area contributed by atoms with Crippen molar-refractivity contribution in [3.63, 3.8) is 0 Å². The van der Waals surface area contributed by atoms with E-state index in [4.69, 9.17) is 0 Å². The molecule has 1 aromatic carbocycles. The number of carbonyl (C=O) groups is 1. The number of hydrogen-bond acceptors (Lipinski definition) is 2. The van der Waals surface area contributed by atoms with Gasteiger partial charge in [-0.1, -0.05) is 34.5 Å². The molecule has 3 nitrogen and oxygen atoms in total. The first-order chi connectivity index (χ1) is 8.66. The number of hydrogen-bond donors (Lipinski definition) is 2. The molecule has 1 amide bonds. The molecule has 18 heavy (non-hydrogen) atoms. The first kappa shape index (κ1) is 13.6. The van der Waals surface area contributed by atoms with Crippen molar-refractivity contribution in [1.29, 1.82) is 0 Å². The molecule has 0 saturated carbocycles. The van der Waals surface area contributed by atoms with Gasteiger partial charge in [0.1, 0.15) is 0 Å². The number of benzene rings is 1. The van der Waals surface area contributed by atoms with Crippen LogP contribution in [0.5, 0.6) is 0 Å². The Kier molecular flexibility index (Phi) is 4.78. The van der Waals surface area contributed by atoms with E-state index in [-0.39, 0.29) is 18.0 Å². The fourth-order valence-electron chi connectivity index (χ4n) is 2.22. The van der Waals surface area contributed by atoms with Crippen LogP contribution in [-0.4, -0.2) is 18.5 Å². The van der Waals surface area contributed by atoms with E-state index < -0.39 is 0 Å². The lowest BCUT2D eigenvalue weighted by molar-refractivity contribution is -0.124. The first-order valence-electron chi connectivity index (χ1n) is 6.46. The SMILES string of the molecule is CC(NC(=O)C1CCCCN1)c1ccc(Br)cc1. The molecule has 1 fully saturated rings. The van der Waals surface area contributed by atoms with Crippen molar-refractivity contribution in [2.24, 2.45) is 0 Å². The summed E-state index contributed by atoms with van der Waals surface area (Å²) in [6.07, 6.45) is 3.25. The van der Waals surface area contributed by atoms with E-state index in [0.29, 0.717) is 0 Å². The minimum Gasteiger partial charge on any atom is -0.348 e. The van der Waals surface area contributed by atoms with Crippen LogP contribution in [0, 0.1) is 0 Å². The Morgan fingerprint density at radius 2 is 2.11 bits per heavy atom. The summed E-state index contributed by atoms with van der Waals surface area (Å²) in [5, 5.41) is 6.33. The molecule has 0 aliphatic carbocycles. The third-order valence-corrected chi connectivity index (χ3v) is 3.88. The standard InChI is InChI=1S/C14H19BrN2O/c1-10(11-5-7-12(15)8-6-11)17-14(18)13-4-2-3-9-16-13/h5-8,10,13,16H,2-4,9H2,1H3,(H,17,18). The average Bonchev–Trinajstić information content (AvgIpc) is 2.40. The average molecular weight is 311 g/mol. The topological polar surface area (TPSA) is 41.1 Å². The van der Waals surface area contributed by atoms with Crippen molar-refractivity contribution in [2.45, 2.75) is 38.3 Å². The summed E-state index contributed by atoms with van der Waals surface area (Å²) in [5.41, 5.74) is 1.13. The highest BCUT2D eigenvalue weighted by atomic mass is 79.9. The van der Waals surface area contributed by atoms with Crippen molar-refractivity contribution >= 4 is 21.8 Å². The Morgan fingerprint density at radius 3 is 2.72 bits per heavy atom. The number of carbonyl (C=O) groups excluding carboxylic acids is 1. The Balaban J connectivity index is 1.91. The molecule has 0 radical (unpaired) electrons. The van der Waals surface area contributed by atoms with Gasteiger partial charge in [-0.25, -0.2) is 0 Å². The summed E-state index contributed by atoms with van der Waals surface area (Å²) in [6.45, 7) is 2.97. The maximum Gasteiger partial charge on any atom is 0.237 e. The lowest BCUT2D eigenvalue weighted by atomic mass is 10.0. The van der Waals surface area contributed by atoms with Crippen LogP contribution < -0.4 is 10.6 Å². The van der Waals surface area contributed by atoms with Crippen LogP contribution in [0.2, 0.25) is 0 Å². The highest BCUT2D eigenvalue weighted by molar-refractivity contribution is 9.10. The largest absolute Gasteiger partial charge is 0.348 e. The van der Waals surface area contributed by atoms with Gasteiger partial charge in [0.2, 0.25) is 5.91 Å². The Labute approximate surface area is 116 Å². The van der Waals surface area contributed by atoms with Crippen LogP contribution in [0.1, 0.15) is 37.8 Å². The maximum atomic E-state index is 12.1. The monoisotopic (exact) mass is 310 g/mol. The molecule has 0 aromatic heterocycles. The second-order valence-electron chi connectivity index (χ2n) is 4.78. The highest BCUT2D eigenvalue weighted by Crippen LogP contribution is 2.17. The van der Waals surface area contributed by atoms with Crippen molar-refractivity contribution in [1.82, 2.24) is 10.6 Å². The number of nitrogens with one attached hydrogen (secondary N) is 2. The van der Waals surface area contributed by atoms with E-state index in [0.717, 1.165) is 29.4 Å². The van der Waals surface area contributed by atoms with Gasteiger partial charge >= 0.3 is 0 Å². The van der Waals surface area contributed by atoms with Gasteiger partial charge in [0.25, 0.3) is 0 Å². The smallest absolute Gasteiger partial charge is 0.237 e. The molecule has 2 atom stereocenters. The Morgan fingerprint density at radius 1 is 1.39 bits per heavy atom. The van der Waals surface area contributed by atoms with Gasteiger partial charge in [0.15, 0.2) is 0 Å². The summed E-state index contributed by atoms with van der Waals surface area (Å²) in [5.74, 6) is 0.116. The van der Waals surface area contributed by atoms with Crippen LogP contribution in [-0.2, 0) is 4.79 Å². The molecule has 1 aliphatic heterocycles. The molecular formula is C14H19BrN2O. The van der Waals surface area contributed by atoms with Crippen molar-refractivity contribution in [2.75, 3.05) is 6.54 Å². The second-order valence-corrected chi connectivity index (χ2v) is 5.70. The van der Waals surface area contributed by atoms with Crippen molar-refractivity contribution in [3.8, 4) is 0 Å². The van der Waals surface area contributed by atoms with Crippen molar-refractivity contribution < 1.29 is 4.79 Å². The third kappa shape index (κ3) is 3.56. The molecular weight excluding hydrogens is 292 g/mol. The number of piperidine rings is 1. The molecule has 2 N–H and O–H groups in total. The molecule has 0 spiro atoms. The quantitative estimate of drug-likeness (QED) is 0.901. The number of amides is 1. The van der Waals surface area contributed by atoms with E-state index >= 15 is 0 Å². The molecule has 2 unspecified atom stereocenters. The molecule has 1 saturated heterocycles. The normalized spacial score (nSPS) is 21.3. The zero-order chi connectivity index (χ0) is 13.0. The van der Waals surface area contributed by atoms with Crippen LogP contribution in [0.25, 0.3) is 0 Å². The molecule has 1 aromatic rings. The summed E-state index contributed by atoms with van der Waals surface area (Å²) in [6, 6.07) is 8.09. The third-order valence-electron chi connectivity index (χ3n) is 3.36. The summed E-state index contributed by atoms with van der Waals surface area (Å²) in [7, 11) is 0. The summed E-state index contributed by atoms with van der Waals surface area (Å²) >= 11 is 3.41. The Hall–Kier alpha value is -0.870. The minimum atomic E-state index is -0.0170. The Bertz CT molecular complexity index is 399. The molecule has 1 aliphatic rings. The molecule has 98 valence electrons. The highest BCUT2D eigenvalue weighted by Gasteiger charge is 2.21. The molecule has 0 bridgehead atoms. The van der Waals surface area contributed by atoms with Gasteiger partial charge < -0.3 is 10.6 Å². The predicted molar refractivity (Wildman–Crippen MR) is 76.3 cm³/mol. The van der Waals surface area contributed by atoms with Gasteiger partial charge in [0.05, 0.1) is 12.1 Å².